The maximum Gasteiger partial charge on any atom is 0.374 e. The summed E-state index contributed by atoms with van der Waals surface area (Å²) in [5.74, 6) is 0.766. The number of aromatic nitrogens is 3. The molecule has 0 aliphatic heterocycles. The van der Waals surface area contributed by atoms with Crippen molar-refractivity contribution in [2.45, 2.75) is 13.8 Å². The number of rotatable bonds is 3. The third kappa shape index (κ3) is 2.11. The van der Waals surface area contributed by atoms with Gasteiger partial charge >= 0.3 is 8.05 Å². The lowest BCUT2D eigenvalue weighted by molar-refractivity contribution is 0.384. The van der Waals surface area contributed by atoms with Crippen molar-refractivity contribution in [3.05, 3.63) is 29.6 Å². The predicted molar refractivity (Wildman–Crippen MR) is 59.5 cm³/mol. The van der Waals surface area contributed by atoms with Gasteiger partial charge in [0.15, 0.2) is 17.5 Å². The van der Waals surface area contributed by atoms with Gasteiger partial charge in [-0.05, 0) is 6.92 Å². The molecule has 8 heteroatoms. The van der Waals surface area contributed by atoms with Gasteiger partial charge in [-0.2, -0.15) is 10.2 Å². The molecule has 0 saturated carbocycles. The molecule has 0 aliphatic rings. The third-order valence-electron chi connectivity index (χ3n) is 2.05. The largest absolute Gasteiger partial charge is 0.563 e. The maximum atomic E-state index is 9.14. The molecule has 88 valence electrons. The second kappa shape index (κ2) is 4.75. The van der Waals surface area contributed by atoms with Gasteiger partial charge < -0.3 is 13.6 Å². The molecule has 18 heavy (non-hydrogen) atoms. The lowest BCUT2D eigenvalue weighted by atomic mass is 10.2. The number of nitriles is 1. The zero-order chi connectivity index (χ0) is 13.1. The van der Waals surface area contributed by atoms with E-state index in [1.54, 1.807) is 13.8 Å². The van der Waals surface area contributed by atoms with E-state index in [2.05, 4.69) is 19.8 Å². The van der Waals surface area contributed by atoms with Gasteiger partial charge in [0.05, 0.1) is 0 Å². The Hall–Kier alpha value is -2.56. The Morgan fingerprint density at radius 3 is 2.67 bits per heavy atom. The van der Waals surface area contributed by atoms with Gasteiger partial charge in [0.25, 0.3) is 5.89 Å². The second-order valence-electron chi connectivity index (χ2n) is 3.33. The van der Waals surface area contributed by atoms with Gasteiger partial charge in [-0.1, -0.05) is 5.16 Å². The Labute approximate surface area is 104 Å². The Kier molecular flexibility index (Phi) is 3.14. The van der Waals surface area contributed by atoms with E-state index in [1.807, 2.05) is 6.07 Å². The van der Waals surface area contributed by atoms with Crippen molar-refractivity contribution in [3.8, 4) is 6.07 Å². The molecular formula is C10H7BN4O3. The summed E-state index contributed by atoms with van der Waals surface area (Å²) in [6.07, 6.45) is 1.32. The first-order chi connectivity index (χ1) is 8.65. The Bertz CT molecular complexity index is 638. The van der Waals surface area contributed by atoms with Crippen molar-refractivity contribution < 1.29 is 13.6 Å². The highest BCUT2D eigenvalue weighted by Crippen LogP contribution is 2.24. The van der Waals surface area contributed by atoms with Gasteiger partial charge in [-0.25, -0.2) is 4.98 Å². The maximum absolute atomic E-state index is 9.14. The molecule has 0 aromatic carbocycles. The van der Waals surface area contributed by atoms with Crippen LogP contribution in [0, 0.1) is 25.2 Å². The van der Waals surface area contributed by atoms with E-state index in [9.17, 15) is 0 Å². The number of hydrogen-bond donors (Lipinski definition) is 0. The molecule has 2 rings (SSSR count). The van der Waals surface area contributed by atoms with Crippen molar-refractivity contribution in [3.63, 3.8) is 0 Å². The molecular weight excluding hydrogens is 235 g/mol. The highest BCUT2D eigenvalue weighted by molar-refractivity contribution is 6.05. The van der Waals surface area contributed by atoms with E-state index in [-0.39, 0.29) is 22.9 Å². The van der Waals surface area contributed by atoms with Crippen molar-refractivity contribution >= 4 is 19.4 Å². The molecule has 0 atom stereocenters. The van der Waals surface area contributed by atoms with Gasteiger partial charge in [0.2, 0.25) is 0 Å². The fraction of sp³-hybridized carbons (Fsp3) is 0.200. The predicted octanol–water partition coefficient (Wildman–Crippen LogP) is 1.17. The van der Waals surface area contributed by atoms with Crippen LogP contribution in [0.1, 0.15) is 23.3 Å². The summed E-state index contributed by atoms with van der Waals surface area (Å²) in [4.78, 5) is 7.94. The summed E-state index contributed by atoms with van der Waals surface area (Å²) in [5.41, 5.74) is 0.337. The molecule has 2 heterocycles. The fourth-order valence-electron chi connectivity index (χ4n) is 1.31. The van der Waals surface area contributed by atoms with Crippen molar-refractivity contribution in [1.29, 1.82) is 5.26 Å². The van der Waals surface area contributed by atoms with Crippen LogP contribution in [0.25, 0.3) is 11.3 Å². The van der Waals surface area contributed by atoms with Crippen LogP contribution in [0.5, 0.6) is 0 Å². The second-order valence-corrected chi connectivity index (χ2v) is 3.33. The quantitative estimate of drug-likeness (QED) is 0.452. The molecule has 0 saturated heterocycles. The molecule has 0 aliphatic carbocycles. The first-order valence-corrected chi connectivity index (χ1v) is 4.90. The molecule has 0 fully saturated rings. The summed E-state index contributed by atoms with van der Waals surface area (Å²) in [6.45, 7) is 3.28. The Balaban J connectivity index is 2.56. The van der Waals surface area contributed by atoms with E-state index in [0.717, 1.165) is 0 Å². The molecule has 0 N–H and O–H groups in total. The zero-order valence-corrected chi connectivity index (χ0v) is 9.67. The minimum Gasteiger partial charge on any atom is -0.563 e. The fourth-order valence-corrected chi connectivity index (χ4v) is 1.31. The smallest absolute Gasteiger partial charge is 0.374 e. The molecule has 2 aromatic heterocycles. The zero-order valence-electron chi connectivity index (χ0n) is 9.67. The SMILES string of the molecule is [B]OC(=C(C#N)c1coc(C)n1)c1nc(C)no1. The van der Waals surface area contributed by atoms with Gasteiger partial charge in [0, 0.05) is 6.92 Å². The van der Waals surface area contributed by atoms with Crippen LogP contribution in [0.2, 0.25) is 0 Å². The summed E-state index contributed by atoms with van der Waals surface area (Å²) >= 11 is 0. The van der Waals surface area contributed by atoms with Crippen molar-refractivity contribution in [2.24, 2.45) is 0 Å². The van der Waals surface area contributed by atoms with Gasteiger partial charge in [-0.3, -0.25) is 0 Å². The van der Waals surface area contributed by atoms with Crippen molar-refractivity contribution in [2.75, 3.05) is 0 Å². The molecule has 2 radical (unpaired) electrons. The normalized spacial score (nSPS) is 11.8. The summed E-state index contributed by atoms with van der Waals surface area (Å²) in [7, 11) is 5.14. The highest BCUT2D eigenvalue weighted by Gasteiger charge is 2.19. The van der Waals surface area contributed by atoms with Gasteiger partial charge in [-0.15, -0.1) is 0 Å². The summed E-state index contributed by atoms with van der Waals surface area (Å²) in [5, 5.41) is 12.7. The molecule has 0 amide bonds. The van der Waals surface area contributed by atoms with Crippen LogP contribution in [0.15, 0.2) is 15.2 Å². The molecule has 0 spiro atoms. The monoisotopic (exact) mass is 242 g/mol. The first kappa shape index (κ1) is 11.9. The average molecular weight is 242 g/mol. The Morgan fingerprint density at radius 2 is 2.22 bits per heavy atom. The van der Waals surface area contributed by atoms with Crippen LogP contribution in [-0.4, -0.2) is 23.2 Å². The van der Waals surface area contributed by atoms with Crippen LogP contribution < -0.4 is 0 Å². The number of allylic oxidation sites excluding steroid dienone is 1. The van der Waals surface area contributed by atoms with E-state index >= 15 is 0 Å². The lowest BCUT2D eigenvalue weighted by Crippen LogP contribution is -1.95. The minimum absolute atomic E-state index is 0.00667. The number of hydrogen-bond acceptors (Lipinski definition) is 7. The van der Waals surface area contributed by atoms with E-state index < -0.39 is 0 Å². The molecule has 0 bridgehead atoms. The van der Waals surface area contributed by atoms with Crippen molar-refractivity contribution in [1.82, 2.24) is 15.1 Å². The first-order valence-electron chi connectivity index (χ1n) is 4.90. The molecule has 7 nitrogen and oxygen atoms in total. The number of oxazole rings is 1. The lowest BCUT2D eigenvalue weighted by Gasteiger charge is -2.02. The highest BCUT2D eigenvalue weighted by atomic mass is 16.5. The number of nitrogens with zero attached hydrogens (tertiary/aromatic N) is 4. The van der Waals surface area contributed by atoms with Crippen LogP contribution >= 0.6 is 0 Å². The minimum atomic E-state index is -0.0496. The summed E-state index contributed by atoms with van der Waals surface area (Å²) < 4.78 is 14.6. The van der Waals surface area contributed by atoms with E-state index in [4.69, 9.17) is 22.3 Å². The number of aryl methyl sites for hydroxylation is 2. The standard InChI is InChI=1S/C10H7BN4O3/c1-5-13-10(18-15-5)9(17-11)7(3-12)8-4-16-6(2)14-8/h4H,1-2H3. The van der Waals surface area contributed by atoms with Crippen LogP contribution in [0.3, 0.4) is 0 Å². The summed E-state index contributed by atoms with van der Waals surface area (Å²) in [6, 6.07) is 1.91. The van der Waals surface area contributed by atoms with E-state index in [0.29, 0.717) is 11.7 Å². The molecule has 2 aromatic rings. The Morgan fingerprint density at radius 1 is 1.44 bits per heavy atom. The molecule has 0 unspecified atom stereocenters. The van der Waals surface area contributed by atoms with Gasteiger partial charge in [0.1, 0.15) is 23.6 Å². The third-order valence-corrected chi connectivity index (χ3v) is 2.05. The van der Waals surface area contributed by atoms with Crippen LogP contribution in [0.4, 0.5) is 0 Å². The van der Waals surface area contributed by atoms with E-state index in [1.165, 1.54) is 6.26 Å². The topological polar surface area (TPSA) is 98.0 Å². The van der Waals surface area contributed by atoms with Crippen LogP contribution in [-0.2, 0) is 4.65 Å². The average Bonchev–Trinajstić information content (AvgIpc) is 2.95.